The summed E-state index contributed by atoms with van der Waals surface area (Å²) in [6, 6.07) is 6.82. The van der Waals surface area contributed by atoms with E-state index in [0.717, 1.165) is 24.3 Å². The summed E-state index contributed by atoms with van der Waals surface area (Å²) < 4.78 is 19.5. The van der Waals surface area contributed by atoms with Crippen LogP contribution in [0.1, 0.15) is 24.5 Å². The number of ether oxygens (including phenoxy) is 1. The Labute approximate surface area is 134 Å². The van der Waals surface area contributed by atoms with Crippen molar-refractivity contribution in [3.05, 3.63) is 35.6 Å². The fraction of sp³-hybridized carbons (Fsp3) is 0.562. The molecule has 1 atom stereocenters. The molecule has 3 rings (SSSR count). The Morgan fingerprint density at radius 3 is 2.86 bits per heavy atom. The van der Waals surface area contributed by atoms with Crippen molar-refractivity contribution in [3.63, 3.8) is 0 Å². The number of benzene rings is 1. The normalized spacial score (nSPS) is 23.3. The van der Waals surface area contributed by atoms with Crippen LogP contribution in [-0.2, 0) is 4.74 Å². The highest BCUT2D eigenvalue weighted by molar-refractivity contribution is 7.99. The fourth-order valence-electron chi connectivity index (χ4n) is 2.87. The molecule has 120 valence electrons. The van der Waals surface area contributed by atoms with Crippen LogP contribution in [0.4, 0.5) is 9.18 Å². The van der Waals surface area contributed by atoms with Crippen LogP contribution >= 0.6 is 11.8 Å². The van der Waals surface area contributed by atoms with E-state index in [1.165, 1.54) is 6.07 Å². The van der Waals surface area contributed by atoms with Gasteiger partial charge < -0.3 is 15.0 Å². The molecule has 0 radical (unpaired) electrons. The number of carbonyl (C=O) groups excluding carboxylic acids is 1. The lowest BCUT2D eigenvalue weighted by atomic mass is 10.1. The van der Waals surface area contributed by atoms with Gasteiger partial charge in [-0.05, 0) is 30.4 Å². The number of morpholine rings is 1. The maximum atomic E-state index is 13.9. The summed E-state index contributed by atoms with van der Waals surface area (Å²) >= 11 is 1.93. The molecule has 0 saturated carbocycles. The minimum Gasteiger partial charge on any atom is -0.370 e. The first kappa shape index (κ1) is 15.6. The van der Waals surface area contributed by atoms with Crippen molar-refractivity contribution in [3.8, 4) is 0 Å². The van der Waals surface area contributed by atoms with Crippen molar-refractivity contribution < 1.29 is 13.9 Å². The highest BCUT2D eigenvalue weighted by Gasteiger charge is 2.28. The van der Waals surface area contributed by atoms with Crippen LogP contribution in [0.25, 0.3) is 0 Å². The summed E-state index contributed by atoms with van der Waals surface area (Å²) in [6.07, 6.45) is 1.66. The molecule has 4 nitrogen and oxygen atoms in total. The third-order valence-corrected chi connectivity index (χ3v) is 5.20. The summed E-state index contributed by atoms with van der Waals surface area (Å²) in [5.41, 5.74) is 0.522. The minimum absolute atomic E-state index is 0.0541. The zero-order chi connectivity index (χ0) is 15.4. The number of halogens is 1. The standard InChI is InChI=1S/C16H21FN2O2S/c17-14-4-2-1-3-13(14)15-11-19(7-8-21-15)16(20)18-12-5-9-22-10-6-12/h1-4,12,15H,5-11H2,(H,18,20). The van der Waals surface area contributed by atoms with Gasteiger partial charge >= 0.3 is 6.03 Å². The van der Waals surface area contributed by atoms with Gasteiger partial charge in [-0.15, -0.1) is 0 Å². The smallest absolute Gasteiger partial charge is 0.317 e. The molecule has 0 aliphatic carbocycles. The van der Waals surface area contributed by atoms with Crippen molar-refractivity contribution in [1.29, 1.82) is 0 Å². The first-order chi connectivity index (χ1) is 10.7. The van der Waals surface area contributed by atoms with Gasteiger partial charge in [-0.3, -0.25) is 0 Å². The topological polar surface area (TPSA) is 41.6 Å². The summed E-state index contributed by atoms with van der Waals surface area (Å²) in [4.78, 5) is 14.1. The second-order valence-corrected chi connectivity index (χ2v) is 6.89. The number of amides is 2. The average Bonchev–Trinajstić information content (AvgIpc) is 2.56. The minimum atomic E-state index is -0.386. The molecule has 2 amide bonds. The van der Waals surface area contributed by atoms with E-state index in [1.807, 2.05) is 11.8 Å². The third-order valence-electron chi connectivity index (χ3n) is 4.15. The lowest BCUT2D eigenvalue weighted by molar-refractivity contribution is -0.0175. The number of hydrogen-bond acceptors (Lipinski definition) is 3. The molecule has 2 aliphatic rings. The number of carbonyl (C=O) groups is 1. The Morgan fingerprint density at radius 2 is 2.09 bits per heavy atom. The van der Waals surface area contributed by atoms with Gasteiger partial charge in [0.1, 0.15) is 11.9 Å². The first-order valence-electron chi connectivity index (χ1n) is 7.73. The summed E-state index contributed by atoms with van der Waals surface area (Å²) in [6.45, 7) is 1.39. The van der Waals surface area contributed by atoms with Crippen molar-refractivity contribution in [2.75, 3.05) is 31.2 Å². The van der Waals surface area contributed by atoms with Crippen molar-refractivity contribution >= 4 is 17.8 Å². The van der Waals surface area contributed by atoms with Crippen LogP contribution in [-0.4, -0.2) is 48.2 Å². The molecule has 0 aromatic heterocycles. The van der Waals surface area contributed by atoms with E-state index >= 15 is 0 Å². The summed E-state index contributed by atoms with van der Waals surface area (Å²) in [5, 5.41) is 3.10. The molecule has 22 heavy (non-hydrogen) atoms. The molecule has 2 saturated heterocycles. The van der Waals surface area contributed by atoms with Gasteiger partial charge in [0.2, 0.25) is 0 Å². The van der Waals surface area contributed by atoms with Crippen LogP contribution < -0.4 is 5.32 Å². The second kappa shape index (κ2) is 7.33. The van der Waals surface area contributed by atoms with Gasteiger partial charge in [0.15, 0.2) is 0 Å². The molecule has 2 fully saturated rings. The Bertz CT molecular complexity index is 523. The first-order valence-corrected chi connectivity index (χ1v) is 8.89. The Morgan fingerprint density at radius 1 is 1.32 bits per heavy atom. The SMILES string of the molecule is O=C(NC1CCSCC1)N1CCOC(c2ccccc2F)C1. The van der Waals surface area contributed by atoms with Gasteiger partial charge in [-0.2, -0.15) is 11.8 Å². The molecule has 0 spiro atoms. The molecule has 6 heteroatoms. The predicted octanol–water partition coefficient (Wildman–Crippen LogP) is 2.80. The van der Waals surface area contributed by atoms with E-state index in [-0.39, 0.29) is 24.0 Å². The van der Waals surface area contributed by atoms with E-state index < -0.39 is 0 Å². The molecular formula is C16H21FN2O2S. The van der Waals surface area contributed by atoms with Gasteiger partial charge in [0.05, 0.1) is 13.2 Å². The zero-order valence-electron chi connectivity index (χ0n) is 12.5. The lowest BCUT2D eigenvalue weighted by Crippen LogP contribution is -2.50. The maximum absolute atomic E-state index is 13.9. The highest BCUT2D eigenvalue weighted by Crippen LogP contribution is 2.25. The van der Waals surface area contributed by atoms with Gasteiger partial charge in [-0.25, -0.2) is 9.18 Å². The van der Waals surface area contributed by atoms with Crippen molar-refractivity contribution in [1.82, 2.24) is 10.2 Å². The third kappa shape index (κ3) is 3.73. The lowest BCUT2D eigenvalue weighted by Gasteiger charge is -2.34. The maximum Gasteiger partial charge on any atom is 0.317 e. The molecule has 2 heterocycles. The van der Waals surface area contributed by atoms with Crippen LogP contribution in [0.15, 0.2) is 24.3 Å². The van der Waals surface area contributed by atoms with Crippen LogP contribution in [0.5, 0.6) is 0 Å². The molecular weight excluding hydrogens is 303 g/mol. The predicted molar refractivity (Wildman–Crippen MR) is 85.5 cm³/mol. The van der Waals surface area contributed by atoms with Gasteiger partial charge in [0.25, 0.3) is 0 Å². The summed E-state index contributed by atoms with van der Waals surface area (Å²) in [5.74, 6) is 1.93. The highest BCUT2D eigenvalue weighted by atomic mass is 32.2. The Hall–Kier alpha value is -1.27. The van der Waals surface area contributed by atoms with E-state index in [0.29, 0.717) is 25.3 Å². The van der Waals surface area contributed by atoms with E-state index in [1.54, 1.807) is 23.1 Å². The molecule has 1 N–H and O–H groups in total. The molecule has 1 unspecified atom stereocenters. The number of thioether (sulfide) groups is 1. The quantitative estimate of drug-likeness (QED) is 0.909. The van der Waals surface area contributed by atoms with E-state index in [9.17, 15) is 9.18 Å². The van der Waals surface area contributed by atoms with Gasteiger partial charge in [0, 0.05) is 18.2 Å². The average molecular weight is 324 g/mol. The van der Waals surface area contributed by atoms with Crippen LogP contribution in [0.2, 0.25) is 0 Å². The van der Waals surface area contributed by atoms with Crippen molar-refractivity contribution in [2.45, 2.75) is 25.0 Å². The summed E-state index contributed by atoms with van der Waals surface area (Å²) in [7, 11) is 0. The fourth-order valence-corrected chi connectivity index (χ4v) is 3.97. The van der Waals surface area contributed by atoms with Crippen LogP contribution in [0.3, 0.4) is 0 Å². The van der Waals surface area contributed by atoms with E-state index in [4.69, 9.17) is 4.74 Å². The number of nitrogens with one attached hydrogen (secondary N) is 1. The Kier molecular flexibility index (Phi) is 5.20. The van der Waals surface area contributed by atoms with Crippen molar-refractivity contribution in [2.24, 2.45) is 0 Å². The largest absolute Gasteiger partial charge is 0.370 e. The van der Waals surface area contributed by atoms with E-state index in [2.05, 4.69) is 5.32 Å². The second-order valence-electron chi connectivity index (χ2n) is 5.66. The number of nitrogens with zero attached hydrogens (tertiary/aromatic N) is 1. The number of urea groups is 1. The molecule has 0 bridgehead atoms. The zero-order valence-corrected chi connectivity index (χ0v) is 13.3. The number of hydrogen-bond donors (Lipinski definition) is 1. The molecule has 2 aliphatic heterocycles. The number of rotatable bonds is 2. The van der Waals surface area contributed by atoms with Crippen LogP contribution in [0, 0.1) is 5.82 Å². The molecule has 1 aromatic carbocycles. The van der Waals surface area contributed by atoms with Gasteiger partial charge in [-0.1, -0.05) is 18.2 Å². The monoisotopic (exact) mass is 324 g/mol. The Balaban J connectivity index is 1.60. The molecule has 1 aromatic rings.